The third-order valence-electron chi connectivity index (χ3n) is 5.49. The molecule has 0 bridgehead atoms. The van der Waals surface area contributed by atoms with Gasteiger partial charge in [-0.15, -0.1) is 0 Å². The van der Waals surface area contributed by atoms with E-state index in [9.17, 15) is 5.26 Å². The summed E-state index contributed by atoms with van der Waals surface area (Å²) in [5.74, 6) is 0.948. The van der Waals surface area contributed by atoms with E-state index in [0.717, 1.165) is 32.0 Å². The van der Waals surface area contributed by atoms with Crippen LogP contribution in [0.4, 0.5) is 0 Å². The Balaban J connectivity index is 2.05. The number of nitrogens with zero attached hydrogens (tertiary/aromatic N) is 2. The second-order valence-corrected chi connectivity index (χ2v) is 7.89. The Bertz CT molecular complexity index is 366. The maximum absolute atomic E-state index is 9.54. The molecule has 1 saturated heterocycles. The molecule has 4 atom stereocenters. The van der Waals surface area contributed by atoms with Crippen LogP contribution in [0.5, 0.6) is 0 Å². The maximum atomic E-state index is 9.54. The molecule has 0 radical (unpaired) electrons. The molecule has 0 spiro atoms. The van der Waals surface area contributed by atoms with Gasteiger partial charge in [0, 0.05) is 19.2 Å². The molecule has 1 saturated carbocycles. The minimum absolute atomic E-state index is 0.212. The molecule has 120 valence electrons. The first kappa shape index (κ1) is 16.8. The summed E-state index contributed by atoms with van der Waals surface area (Å²) >= 11 is 0. The standard InChI is InChI=1S/C18H32N2O/c1-5-21-16-7-6-10-20(13-16)17-11-15(18(2,3)4)9-8-14(17)12-19/h14-17H,5-11,13H2,1-4H3. The van der Waals surface area contributed by atoms with Crippen molar-refractivity contribution in [3.05, 3.63) is 0 Å². The molecule has 2 rings (SSSR count). The summed E-state index contributed by atoms with van der Waals surface area (Å²) in [6.07, 6.45) is 6.22. The van der Waals surface area contributed by atoms with E-state index < -0.39 is 0 Å². The average molecular weight is 292 g/mol. The molecule has 21 heavy (non-hydrogen) atoms. The monoisotopic (exact) mass is 292 g/mol. The Labute approximate surface area is 130 Å². The number of piperidine rings is 1. The van der Waals surface area contributed by atoms with Gasteiger partial charge in [0.25, 0.3) is 0 Å². The van der Waals surface area contributed by atoms with E-state index in [-0.39, 0.29) is 5.92 Å². The Morgan fingerprint density at radius 3 is 2.62 bits per heavy atom. The topological polar surface area (TPSA) is 36.3 Å². The van der Waals surface area contributed by atoms with Crippen molar-refractivity contribution in [3.8, 4) is 6.07 Å². The van der Waals surface area contributed by atoms with Gasteiger partial charge in [0.1, 0.15) is 0 Å². The number of likely N-dealkylation sites (tertiary alicyclic amines) is 1. The predicted molar refractivity (Wildman–Crippen MR) is 85.9 cm³/mol. The third kappa shape index (κ3) is 4.20. The van der Waals surface area contributed by atoms with Gasteiger partial charge in [-0.05, 0) is 56.9 Å². The Hall–Kier alpha value is -0.590. The molecule has 1 aliphatic heterocycles. The molecular weight excluding hydrogens is 260 g/mol. The Morgan fingerprint density at radius 1 is 1.24 bits per heavy atom. The number of hydrogen-bond donors (Lipinski definition) is 0. The minimum Gasteiger partial charge on any atom is -0.377 e. The van der Waals surface area contributed by atoms with Crippen LogP contribution in [-0.4, -0.2) is 36.7 Å². The Morgan fingerprint density at radius 2 is 2.00 bits per heavy atom. The van der Waals surface area contributed by atoms with Crippen LogP contribution in [0.25, 0.3) is 0 Å². The molecule has 1 aliphatic carbocycles. The van der Waals surface area contributed by atoms with E-state index in [4.69, 9.17) is 4.74 Å². The predicted octanol–water partition coefficient (Wildman–Crippen LogP) is 3.84. The van der Waals surface area contributed by atoms with E-state index in [1.54, 1.807) is 0 Å². The van der Waals surface area contributed by atoms with Crippen LogP contribution in [0.15, 0.2) is 0 Å². The lowest BCUT2D eigenvalue weighted by Gasteiger charge is -2.46. The van der Waals surface area contributed by atoms with Gasteiger partial charge in [-0.1, -0.05) is 20.8 Å². The zero-order chi connectivity index (χ0) is 15.5. The van der Waals surface area contributed by atoms with Gasteiger partial charge in [0.2, 0.25) is 0 Å². The first-order valence-electron chi connectivity index (χ1n) is 8.71. The summed E-state index contributed by atoms with van der Waals surface area (Å²) in [4.78, 5) is 2.57. The SMILES string of the molecule is CCOC1CCCN(C2CC(C(C)(C)C)CCC2C#N)C1. The lowest BCUT2D eigenvalue weighted by molar-refractivity contribution is -0.0289. The van der Waals surface area contributed by atoms with Crippen LogP contribution < -0.4 is 0 Å². The number of rotatable bonds is 3. The minimum atomic E-state index is 0.212. The van der Waals surface area contributed by atoms with Gasteiger partial charge in [-0.3, -0.25) is 4.90 Å². The normalized spacial score (nSPS) is 35.4. The molecule has 0 amide bonds. The zero-order valence-electron chi connectivity index (χ0n) is 14.3. The lowest BCUT2D eigenvalue weighted by Crippen LogP contribution is -2.51. The summed E-state index contributed by atoms with van der Waals surface area (Å²) in [5, 5.41) is 9.54. The van der Waals surface area contributed by atoms with E-state index >= 15 is 0 Å². The Kier molecular flexibility index (Phi) is 5.68. The fourth-order valence-electron chi connectivity index (χ4n) is 4.13. The highest BCUT2D eigenvalue weighted by molar-refractivity contribution is 5.00. The quantitative estimate of drug-likeness (QED) is 0.793. The van der Waals surface area contributed by atoms with Crippen molar-refractivity contribution in [2.24, 2.45) is 17.3 Å². The summed E-state index contributed by atoms with van der Waals surface area (Å²) in [6, 6.07) is 3.03. The van der Waals surface area contributed by atoms with Crippen molar-refractivity contribution in [3.63, 3.8) is 0 Å². The maximum Gasteiger partial charge on any atom is 0.0702 e. The summed E-state index contributed by atoms with van der Waals surface area (Å²) in [7, 11) is 0. The van der Waals surface area contributed by atoms with Crippen molar-refractivity contribution in [2.75, 3.05) is 19.7 Å². The average Bonchev–Trinajstić information content (AvgIpc) is 2.46. The molecule has 0 aromatic heterocycles. The summed E-state index contributed by atoms with van der Waals surface area (Å²) in [6.45, 7) is 12.1. The molecule has 2 aliphatic rings. The highest BCUT2D eigenvalue weighted by atomic mass is 16.5. The van der Waals surface area contributed by atoms with Crippen molar-refractivity contribution in [2.45, 2.75) is 71.9 Å². The van der Waals surface area contributed by atoms with Crippen molar-refractivity contribution >= 4 is 0 Å². The molecule has 0 aromatic rings. The largest absolute Gasteiger partial charge is 0.377 e. The third-order valence-corrected chi connectivity index (χ3v) is 5.49. The highest BCUT2D eigenvalue weighted by Gasteiger charge is 2.39. The lowest BCUT2D eigenvalue weighted by atomic mass is 9.67. The fourth-order valence-corrected chi connectivity index (χ4v) is 4.13. The molecule has 1 heterocycles. The second-order valence-electron chi connectivity index (χ2n) is 7.89. The second kappa shape index (κ2) is 7.11. The first-order chi connectivity index (χ1) is 9.95. The van der Waals surface area contributed by atoms with Gasteiger partial charge < -0.3 is 4.74 Å². The van der Waals surface area contributed by atoms with E-state index in [1.807, 2.05) is 0 Å². The highest BCUT2D eigenvalue weighted by Crippen LogP contribution is 2.42. The van der Waals surface area contributed by atoms with E-state index in [1.165, 1.54) is 25.7 Å². The van der Waals surface area contributed by atoms with Crippen LogP contribution in [-0.2, 0) is 4.74 Å². The van der Waals surface area contributed by atoms with E-state index in [2.05, 4.69) is 38.7 Å². The van der Waals surface area contributed by atoms with Crippen LogP contribution >= 0.6 is 0 Å². The van der Waals surface area contributed by atoms with Crippen LogP contribution in [0.3, 0.4) is 0 Å². The summed E-state index contributed by atoms with van der Waals surface area (Å²) in [5.41, 5.74) is 0.355. The van der Waals surface area contributed by atoms with Gasteiger partial charge >= 0.3 is 0 Å². The van der Waals surface area contributed by atoms with Crippen molar-refractivity contribution in [1.29, 1.82) is 5.26 Å². The molecule has 4 unspecified atom stereocenters. The smallest absolute Gasteiger partial charge is 0.0702 e. The summed E-state index contributed by atoms with van der Waals surface area (Å²) < 4.78 is 5.84. The van der Waals surface area contributed by atoms with Crippen molar-refractivity contribution in [1.82, 2.24) is 4.90 Å². The fraction of sp³-hybridized carbons (Fsp3) is 0.944. The van der Waals surface area contributed by atoms with Crippen LogP contribution in [0.2, 0.25) is 0 Å². The van der Waals surface area contributed by atoms with Gasteiger partial charge in [-0.2, -0.15) is 5.26 Å². The van der Waals surface area contributed by atoms with E-state index in [0.29, 0.717) is 17.6 Å². The van der Waals surface area contributed by atoms with Gasteiger partial charge in [0.15, 0.2) is 0 Å². The molecule has 3 nitrogen and oxygen atoms in total. The first-order valence-corrected chi connectivity index (χ1v) is 8.71. The van der Waals surface area contributed by atoms with Crippen LogP contribution in [0.1, 0.15) is 59.8 Å². The number of ether oxygens (including phenoxy) is 1. The zero-order valence-corrected chi connectivity index (χ0v) is 14.3. The van der Waals surface area contributed by atoms with Crippen molar-refractivity contribution < 1.29 is 4.74 Å². The number of hydrogen-bond acceptors (Lipinski definition) is 3. The van der Waals surface area contributed by atoms with Gasteiger partial charge in [0.05, 0.1) is 18.1 Å². The van der Waals surface area contributed by atoms with Crippen LogP contribution in [0, 0.1) is 28.6 Å². The molecule has 0 aromatic carbocycles. The molecular formula is C18H32N2O. The van der Waals surface area contributed by atoms with Gasteiger partial charge in [-0.25, -0.2) is 0 Å². The molecule has 0 N–H and O–H groups in total. The molecule has 3 heteroatoms. The number of nitriles is 1. The molecule has 2 fully saturated rings.